The van der Waals surface area contributed by atoms with Gasteiger partial charge in [0, 0.05) is 43.3 Å². The van der Waals surface area contributed by atoms with E-state index in [1.807, 2.05) is 6.07 Å². The van der Waals surface area contributed by atoms with Crippen LogP contribution >= 0.6 is 23.1 Å². The number of thioether (sulfide) groups is 1. The van der Waals surface area contributed by atoms with Crippen molar-refractivity contribution in [1.82, 2.24) is 9.97 Å². The SMILES string of the molecule is O=C(O)C1CSC(c2nc3cc[c-]nc3s2)=N1.[Y]. The van der Waals surface area contributed by atoms with E-state index in [1.165, 1.54) is 23.1 Å². The van der Waals surface area contributed by atoms with E-state index >= 15 is 0 Å². The van der Waals surface area contributed by atoms with Gasteiger partial charge >= 0.3 is 5.97 Å². The van der Waals surface area contributed by atoms with Crippen LogP contribution in [0.25, 0.3) is 10.3 Å². The van der Waals surface area contributed by atoms with Crippen molar-refractivity contribution >= 4 is 44.5 Å². The Balaban J connectivity index is 0.00000120. The molecule has 0 aliphatic carbocycles. The van der Waals surface area contributed by atoms with Gasteiger partial charge in [0.15, 0.2) is 6.04 Å². The van der Waals surface area contributed by atoms with Gasteiger partial charge in [-0.25, -0.2) is 4.79 Å². The summed E-state index contributed by atoms with van der Waals surface area (Å²) in [6, 6.07) is 2.88. The molecule has 0 saturated heterocycles. The fourth-order valence-electron chi connectivity index (χ4n) is 1.43. The van der Waals surface area contributed by atoms with Crippen LogP contribution in [-0.2, 0) is 37.5 Å². The van der Waals surface area contributed by atoms with Crippen LogP contribution in [0.1, 0.15) is 5.01 Å². The largest absolute Gasteiger partial charge is 0.480 e. The molecule has 0 saturated carbocycles. The van der Waals surface area contributed by atoms with Gasteiger partial charge < -0.3 is 10.1 Å². The second kappa shape index (κ2) is 5.73. The summed E-state index contributed by atoms with van der Waals surface area (Å²) in [5.74, 6) is -0.416. The van der Waals surface area contributed by atoms with Gasteiger partial charge in [-0.05, 0) is 5.52 Å². The minimum atomic E-state index is -0.889. The van der Waals surface area contributed by atoms with Crippen molar-refractivity contribution < 1.29 is 42.6 Å². The monoisotopic (exact) mass is 353 g/mol. The van der Waals surface area contributed by atoms with Crippen molar-refractivity contribution in [3.63, 3.8) is 0 Å². The number of carbonyl (C=O) groups is 1. The van der Waals surface area contributed by atoms with E-state index in [4.69, 9.17) is 5.11 Å². The number of hydrogen-bond acceptors (Lipinski definition) is 6. The second-order valence-electron chi connectivity index (χ2n) is 3.38. The smallest absolute Gasteiger partial charge is 0.329 e. The van der Waals surface area contributed by atoms with Gasteiger partial charge in [0.05, 0.1) is 0 Å². The van der Waals surface area contributed by atoms with Crippen molar-refractivity contribution in [3.8, 4) is 0 Å². The third-order valence-electron chi connectivity index (χ3n) is 2.24. The zero-order valence-electron chi connectivity index (χ0n) is 9.03. The number of nitrogens with zero attached hydrogens (tertiary/aromatic N) is 3. The molecule has 18 heavy (non-hydrogen) atoms. The number of thiazole rings is 1. The number of aliphatic imine (C=N–C) groups is 1. The van der Waals surface area contributed by atoms with Gasteiger partial charge in [-0.1, -0.05) is 6.20 Å². The summed E-state index contributed by atoms with van der Waals surface area (Å²) in [5, 5.41) is 10.3. The van der Waals surface area contributed by atoms with E-state index in [9.17, 15) is 4.79 Å². The fourth-order valence-corrected chi connectivity index (χ4v) is 3.42. The zero-order chi connectivity index (χ0) is 11.8. The molecule has 2 aromatic rings. The average Bonchev–Trinajstić information content (AvgIpc) is 2.95. The molecule has 3 rings (SSSR count). The molecule has 0 fully saturated rings. The maximum atomic E-state index is 10.8. The van der Waals surface area contributed by atoms with Gasteiger partial charge in [0.1, 0.15) is 10.1 Å². The van der Waals surface area contributed by atoms with E-state index in [1.54, 1.807) is 6.07 Å². The summed E-state index contributed by atoms with van der Waals surface area (Å²) in [5.41, 5.74) is 0.797. The van der Waals surface area contributed by atoms with Gasteiger partial charge in [0.25, 0.3) is 0 Å². The summed E-state index contributed by atoms with van der Waals surface area (Å²) in [7, 11) is 0. The van der Waals surface area contributed by atoms with Crippen molar-refractivity contribution in [1.29, 1.82) is 0 Å². The maximum absolute atomic E-state index is 10.8. The minimum Gasteiger partial charge on any atom is -0.480 e. The molecular weight excluding hydrogens is 347 g/mol. The van der Waals surface area contributed by atoms with Crippen LogP contribution in [0.15, 0.2) is 17.1 Å². The third kappa shape index (κ3) is 2.64. The maximum Gasteiger partial charge on any atom is 0.329 e. The van der Waals surface area contributed by atoms with Crippen molar-refractivity contribution in [3.05, 3.63) is 23.3 Å². The van der Waals surface area contributed by atoms with Crippen LogP contribution in [0.2, 0.25) is 0 Å². The molecular formula is C10H6N3O2S2Y-. The number of aliphatic carboxylic acids is 1. The topological polar surface area (TPSA) is 75.4 Å². The minimum absolute atomic E-state index is 0. The summed E-state index contributed by atoms with van der Waals surface area (Å²) in [6.45, 7) is 0. The molecule has 0 spiro atoms. The molecule has 0 bridgehead atoms. The zero-order valence-corrected chi connectivity index (χ0v) is 13.5. The number of fused-ring (bicyclic) bond motifs is 1. The average molecular weight is 353 g/mol. The number of pyridine rings is 1. The van der Waals surface area contributed by atoms with Crippen LogP contribution in [0, 0.1) is 6.20 Å². The van der Waals surface area contributed by atoms with E-state index in [-0.39, 0.29) is 32.7 Å². The molecule has 8 heteroatoms. The van der Waals surface area contributed by atoms with Gasteiger partial charge in [-0.2, -0.15) is 17.4 Å². The summed E-state index contributed by atoms with van der Waals surface area (Å²) in [6.07, 6.45) is 2.75. The van der Waals surface area contributed by atoms with Gasteiger partial charge in [-0.3, -0.25) is 9.98 Å². The number of carboxylic acid groups (broad SMARTS) is 1. The molecule has 1 aliphatic rings. The Morgan fingerprint density at radius 2 is 2.39 bits per heavy atom. The molecule has 3 heterocycles. The number of hydrogen-bond donors (Lipinski definition) is 1. The molecule has 0 amide bonds. The van der Waals surface area contributed by atoms with Crippen LogP contribution < -0.4 is 0 Å². The molecule has 1 unspecified atom stereocenters. The Hall–Kier alpha value is -0.366. The summed E-state index contributed by atoms with van der Waals surface area (Å²) < 4.78 is 0. The number of carboxylic acids is 1. The van der Waals surface area contributed by atoms with Crippen molar-refractivity contribution in [2.75, 3.05) is 5.75 Å². The first kappa shape index (κ1) is 14.1. The van der Waals surface area contributed by atoms with Crippen LogP contribution in [0.4, 0.5) is 0 Å². The molecule has 0 aromatic carbocycles. The molecule has 2 aromatic heterocycles. The normalized spacial score (nSPS) is 18.4. The quantitative estimate of drug-likeness (QED) is 0.827. The summed E-state index contributed by atoms with van der Waals surface area (Å²) >= 11 is 2.84. The van der Waals surface area contributed by atoms with E-state index in [0.29, 0.717) is 10.8 Å². The number of rotatable bonds is 2. The molecule has 1 atom stereocenters. The Morgan fingerprint density at radius 1 is 1.56 bits per heavy atom. The van der Waals surface area contributed by atoms with E-state index < -0.39 is 12.0 Å². The molecule has 1 aliphatic heterocycles. The first-order chi connectivity index (χ1) is 8.24. The van der Waals surface area contributed by atoms with E-state index in [2.05, 4.69) is 21.2 Å². The van der Waals surface area contributed by atoms with Crippen LogP contribution in [-0.4, -0.2) is 37.9 Å². The Kier molecular flexibility index (Phi) is 4.47. The van der Waals surface area contributed by atoms with Crippen molar-refractivity contribution in [2.45, 2.75) is 6.04 Å². The predicted octanol–water partition coefficient (Wildman–Crippen LogP) is 1.44. The first-order valence-corrected chi connectivity index (χ1v) is 6.61. The molecule has 1 N–H and O–H groups in total. The fraction of sp³-hybridized carbons (Fsp3) is 0.200. The van der Waals surface area contributed by atoms with E-state index in [0.717, 1.165) is 15.4 Å². The Bertz CT molecular complexity index is 595. The van der Waals surface area contributed by atoms with Crippen molar-refractivity contribution in [2.24, 2.45) is 4.99 Å². The second-order valence-corrected chi connectivity index (χ2v) is 5.37. The Labute approximate surface area is 136 Å². The third-order valence-corrected chi connectivity index (χ3v) is 4.39. The molecule has 89 valence electrons. The Morgan fingerprint density at radius 3 is 3.06 bits per heavy atom. The van der Waals surface area contributed by atoms with Gasteiger partial charge in [0.2, 0.25) is 0 Å². The number of aromatic nitrogens is 2. The summed E-state index contributed by atoms with van der Waals surface area (Å²) in [4.78, 5) is 24.2. The molecule has 1 radical (unpaired) electrons. The molecule has 5 nitrogen and oxygen atoms in total. The van der Waals surface area contributed by atoms with Crippen LogP contribution in [0.3, 0.4) is 0 Å². The predicted molar refractivity (Wildman–Crippen MR) is 66.7 cm³/mol. The first-order valence-electron chi connectivity index (χ1n) is 4.81. The standard InChI is InChI=1S/C10H6N3O2S2.Y/c14-10(15)6-4-16-8(13-6)9-12-5-2-1-3-11-7(5)17-9;/h1-2,6H,4H2,(H,14,15);/q-1;. The van der Waals surface area contributed by atoms with Crippen LogP contribution in [0.5, 0.6) is 0 Å². The van der Waals surface area contributed by atoms with Gasteiger partial charge in [-0.15, -0.1) is 17.8 Å².